The minimum absolute atomic E-state index is 0.125. The zero-order chi connectivity index (χ0) is 24.3. The zero-order valence-corrected chi connectivity index (χ0v) is 20.1. The van der Waals surface area contributed by atoms with Crippen molar-refractivity contribution in [2.45, 2.75) is 57.2 Å². The van der Waals surface area contributed by atoms with Crippen LogP contribution in [0.4, 0.5) is 0 Å². The molecule has 0 radical (unpaired) electrons. The fraction of sp³-hybridized carbons (Fsp3) is 0.414. The predicted octanol–water partition coefficient (Wildman–Crippen LogP) is 4.17. The fourth-order valence-electron chi connectivity index (χ4n) is 6.02. The lowest BCUT2D eigenvalue weighted by molar-refractivity contribution is -0.144. The highest BCUT2D eigenvalue weighted by Crippen LogP contribution is 2.51. The lowest BCUT2D eigenvalue weighted by Crippen LogP contribution is -2.61. The molecule has 0 amide bonds. The summed E-state index contributed by atoms with van der Waals surface area (Å²) in [7, 11) is 0. The first kappa shape index (κ1) is 23.5. The second-order valence-corrected chi connectivity index (χ2v) is 10.2. The first-order valence-electron chi connectivity index (χ1n) is 12.5. The number of nitrogens with zero attached hydrogens (tertiary/aromatic N) is 4. The smallest absolute Gasteiger partial charge is 0.253 e. The molecular formula is C29H32N4O2. The molecule has 2 aliphatic rings. The number of likely N-dealkylation sites (tertiary alicyclic amines) is 1. The van der Waals surface area contributed by atoms with Gasteiger partial charge in [0.15, 0.2) is 0 Å². The summed E-state index contributed by atoms with van der Waals surface area (Å²) in [6.07, 6.45) is 6.84. The Balaban J connectivity index is 1.33. The molecule has 180 valence electrons. The second-order valence-electron chi connectivity index (χ2n) is 10.2. The number of hydrogen-bond acceptors (Lipinski definition) is 5. The number of aliphatic hydroxyl groups is 1. The maximum atomic E-state index is 13.0. The van der Waals surface area contributed by atoms with E-state index >= 15 is 0 Å². The van der Waals surface area contributed by atoms with Crippen molar-refractivity contribution >= 4 is 0 Å². The average Bonchev–Trinajstić information content (AvgIpc) is 3.35. The molecule has 1 atom stereocenters. The molecule has 2 fully saturated rings. The summed E-state index contributed by atoms with van der Waals surface area (Å²) in [5.74, 6) is 0. The Morgan fingerprint density at radius 2 is 1.71 bits per heavy atom. The van der Waals surface area contributed by atoms with Crippen molar-refractivity contribution in [2.24, 2.45) is 5.41 Å². The molecule has 2 aromatic carbocycles. The number of benzene rings is 2. The molecule has 1 spiro atoms. The Labute approximate surface area is 206 Å². The second kappa shape index (κ2) is 9.77. The summed E-state index contributed by atoms with van der Waals surface area (Å²) in [4.78, 5) is 20.0. The summed E-state index contributed by atoms with van der Waals surface area (Å²) in [6.45, 7) is 2.72. The molecule has 6 nitrogen and oxygen atoms in total. The first-order chi connectivity index (χ1) is 17.0. The molecule has 1 unspecified atom stereocenters. The third-order valence-corrected chi connectivity index (χ3v) is 8.01. The van der Waals surface area contributed by atoms with Gasteiger partial charge in [0.25, 0.3) is 5.56 Å². The summed E-state index contributed by atoms with van der Waals surface area (Å²) < 4.78 is 1.59. The number of piperidine rings is 1. The van der Waals surface area contributed by atoms with Gasteiger partial charge in [-0.25, -0.2) is 4.98 Å². The molecule has 2 heterocycles. The van der Waals surface area contributed by atoms with Gasteiger partial charge >= 0.3 is 0 Å². The Hall–Kier alpha value is -3.27. The molecule has 1 aromatic heterocycles. The van der Waals surface area contributed by atoms with Gasteiger partial charge in [0.1, 0.15) is 0 Å². The van der Waals surface area contributed by atoms with Gasteiger partial charge < -0.3 is 5.11 Å². The fourth-order valence-corrected chi connectivity index (χ4v) is 6.02. The highest BCUT2D eigenvalue weighted by atomic mass is 16.3. The highest BCUT2D eigenvalue weighted by molar-refractivity contribution is 5.57. The predicted molar refractivity (Wildman–Crippen MR) is 135 cm³/mol. The summed E-state index contributed by atoms with van der Waals surface area (Å²) in [5.41, 5.74) is 2.55. The molecule has 3 aromatic rings. The van der Waals surface area contributed by atoms with Crippen LogP contribution in [0.15, 0.2) is 71.8 Å². The van der Waals surface area contributed by atoms with E-state index in [1.807, 2.05) is 42.5 Å². The van der Waals surface area contributed by atoms with Crippen molar-refractivity contribution in [1.82, 2.24) is 14.5 Å². The molecule has 1 aliphatic heterocycles. The van der Waals surface area contributed by atoms with Gasteiger partial charge in [0.2, 0.25) is 0 Å². The third kappa shape index (κ3) is 4.80. The van der Waals surface area contributed by atoms with E-state index in [1.165, 1.54) is 5.56 Å². The number of nitriles is 1. The van der Waals surface area contributed by atoms with E-state index in [0.29, 0.717) is 18.5 Å². The molecule has 6 heteroatoms. The van der Waals surface area contributed by atoms with E-state index < -0.39 is 5.60 Å². The van der Waals surface area contributed by atoms with Crippen LogP contribution in [-0.2, 0) is 19.5 Å². The first-order valence-corrected chi connectivity index (χ1v) is 12.5. The van der Waals surface area contributed by atoms with Crippen molar-refractivity contribution in [3.8, 4) is 17.3 Å². The Morgan fingerprint density at radius 3 is 2.40 bits per heavy atom. The van der Waals surface area contributed by atoms with Crippen molar-refractivity contribution in [3.63, 3.8) is 0 Å². The summed E-state index contributed by atoms with van der Waals surface area (Å²) >= 11 is 0. The van der Waals surface area contributed by atoms with Crippen LogP contribution in [0.25, 0.3) is 11.3 Å². The molecule has 1 saturated carbocycles. The van der Waals surface area contributed by atoms with Gasteiger partial charge in [0, 0.05) is 36.7 Å². The van der Waals surface area contributed by atoms with Crippen molar-refractivity contribution in [2.75, 3.05) is 13.1 Å². The SMILES string of the molecule is N#CCc1ccc(CN2CCC(O)(Cn3cnc(-c4ccccc4)cc3=O)C3(CCCC3)C2)cc1. The van der Waals surface area contributed by atoms with Crippen LogP contribution in [0.2, 0.25) is 0 Å². The molecule has 1 N–H and O–H groups in total. The topological polar surface area (TPSA) is 82.2 Å². The molecule has 1 aliphatic carbocycles. The van der Waals surface area contributed by atoms with Crippen LogP contribution in [0.1, 0.15) is 43.2 Å². The van der Waals surface area contributed by atoms with Gasteiger partial charge in [0.05, 0.1) is 36.7 Å². The molecule has 0 bridgehead atoms. The van der Waals surface area contributed by atoms with E-state index in [-0.39, 0.29) is 17.5 Å². The van der Waals surface area contributed by atoms with Gasteiger partial charge in [-0.15, -0.1) is 0 Å². The van der Waals surface area contributed by atoms with E-state index in [1.54, 1.807) is 17.0 Å². The van der Waals surface area contributed by atoms with Crippen molar-refractivity contribution in [3.05, 3.63) is 88.5 Å². The van der Waals surface area contributed by atoms with Crippen LogP contribution in [-0.4, -0.2) is 38.2 Å². The van der Waals surface area contributed by atoms with E-state index in [4.69, 9.17) is 5.26 Å². The molecular weight excluding hydrogens is 436 g/mol. The largest absolute Gasteiger partial charge is 0.387 e. The van der Waals surface area contributed by atoms with E-state index in [2.05, 4.69) is 28.1 Å². The van der Waals surface area contributed by atoms with Crippen molar-refractivity contribution in [1.29, 1.82) is 5.26 Å². The Kier molecular flexibility index (Phi) is 6.55. The lowest BCUT2D eigenvalue weighted by Gasteiger charge is -2.52. The summed E-state index contributed by atoms with van der Waals surface area (Å²) in [6, 6.07) is 21.7. The standard InChI is InChI=1S/C29H32N4O2/c30-16-12-23-8-10-24(11-9-23)19-32-17-15-29(35,28(20-32)13-4-5-14-28)21-33-22-31-26(18-27(33)34)25-6-2-1-3-7-25/h1-3,6-11,18,22,35H,4-5,12-15,17,19-21H2. The Morgan fingerprint density at radius 1 is 1.00 bits per heavy atom. The number of hydrogen-bond donors (Lipinski definition) is 1. The molecule has 35 heavy (non-hydrogen) atoms. The van der Waals surface area contributed by atoms with Crippen LogP contribution >= 0.6 is 0 Å². The monoisotopic (exact) mass is 468 g/mol. The third-order valence-electron chi connectivity index (χ3n) is 8.01. The zero-order valence-electron chi connectivity index (χ0n) is 20.1. The normalized spacial score (nSPS) is 21.7. The van der Waals surface area contributed by atoms with Gasteiger partial charge in [-0.3, -0.25) is 14.3 Å². The van der Waals surface area contributed by atoms with Gasteiger partial charge in [-0.1, -0.05) is 67.4 Å². The molecule has 5 rings (SSSR count). The van der Waals surface area contributed by atoms with Gasteiger partial charge in [-0.2, -0.15) is 5.26 Å². The van der Waals surface area contributed by atoms with Crippen molar-refractivity contribution < 1.29 is 5.11 Å². The average molecular weight is 469 g/mol. The lowest BCUT2D eigenvalue weighted by atomic mass is 9.65. The van der Waals surface area contributed by atoms with Crippen LogP contribution in [0, 0.1) is 16.7 Å². The maximum Gasteiger partial charge on any atom is 0.253 e. The van der Waals surface area contributed by atoms with Gasteiger partial charge in [-0.05, 0) is 30.4 Å². The number of aromatic nitrogens is 2. The highest BCUT2D eigenvalue weighted by Gasteiger charge is 2.54. The van der Waals surface area contributed by atoms with Crippen LogP contribution < -0.4 is 5.56 Å². The minimum Gasteiger partial charge on any atom is -0.387 e. The quantitative estimate of drug-likeness (QED) is 0.587. The van der Waals surface area contributed by atoms with Crippen LogP contribution in [0.3, 0.4) is 0 Å². The maximum absolute atomic E-state index is 13.0. The summed E-state index contributed by atoms with van der Waals surface area (Å²) in [5, 5.41) is 20.9. The van der Waals surface area contributed by atoms with Crippen LogP contribution in [0.5, 0.6) is 0 Å². The number of rotatable bonds is 6. The molecule has 1 saturated heterocycles. The van der Waals surface area contributed by atoms with E-state index in [9.17, 15) is 9.90 Å². The Bertz CT molecular complexity index is 1260. The minimum atomic E-state index is -0.934. The van der Waals surface area contributed by atoms with E-state index in [0.717, 1.165) is 56.4 Å².